The molecule has 1 aliphatic carbocycles. The van der Waals surface area contributed by atoms with Gasteiger partial charge in [0.1, 0.15) is 5.60 Å². The highest BCUT2D eigenvalue weighted by Gasteiger charge is 2.61. The van der Waals surface area contributed by atoms with Gasteiger partial charge in [-0.1, -0.05) is 0 Å². The van der Waals surface area contributed by atoms with Gasteiger partial charge in [-0.3, -0.25) is 0 Å². The van der Waals surface area contributed by atoms with E-state index >= 15 is 0 Å². The molecule has 17 heavy (non-hydrogen) atoms. The lowest BCUT2D eigenvalue weighted by atomic mass is 9.98. The molecular weight excluding hydrogens is 216 g/mol. The molecule has 1 spiro atoms. The Morgan fingerprint density at radius 3 is 2.71 bits per heavy atom. The van der Waals surface area contributed by atoms with Crippen molar-refractivity contribution in [2.75, 3.05) is 13.1 Å². The van der Waals surface area contributed by atoms with Crippen LogP contribution >= 0.6 is 0 Å². The summed E-state index contributed by atoms with van der Waals surface area (Å²) >= 11 is 0. The van der Waals surface area contributed by atoms with Crippen LogP contribution in [0.2, 0.25) is 0 Å². The molecule has 0 aromatic rings. The maximum atomic E-state index is 12.2. The lowest BCUT2D eigenvalue weighted by Crippen LogP contribution is -2.48. The molecule has 2 atom stereocenters. The molecule has 1 N–H and O–H groups in total. The minimum Gasteiger partial charge on any atom is -0.444 e. The Balaban J connectivity index is 1.74. The van der Waals surface area contributed by atoms with E-state index in [-0.39, 0.29) is 11.6 Å². The van der Waals surface area contributed by atoms with Crippen molar-refractivity contribution in [2.24, 2.45) is 5.92 Å². The van der Waals surface area contributed by atoms with Crippen LogP contribution in [0.25, 0.3) is 0 Å². The largest absolute Gasteiger partial charge is 0.444 e. The molecular formula is C13H22N2O2. The average molecular weight is 238 g/mol. The van der Waals surface area contributed by atoms with E-state index < -0.39 is 5.60 Å². The van der Waals surface area contributed by atoms with E-state index in [1.165, 1.54) is 12.8 Å². The Hall–Kier alpha value is -0.770. The van der Waals surface area contributed by atoms with E-state index in [1.807, 2.05) is 25.7 Å². The number of carbonyl (C=O) groups is 1. The molecule has 2 unspecified atom stereocenters. The number of rotatable bonds is 0. The summed E-state index contributed by atoms with van der Waals surface area (Å²) < 4.78 is 5.51. The van der Waals surface area contributed by atoms with Crippen LogP contribution in [0.3, 0.4) is 0 Å². The Labute approximate surface area is 103 Å². The third-order valence-corrected chi connectivity index (χ3v) is 4.22. The molecule has 3 aliphatic rings. The van der Waals surface area contributed by atoms with E-state index in [1.54, 1.807) is 0 Å². The van der Waals surface area contributed by atoms with Crippen LogP contribution in [-0.4, -0.2) is 41.3 Å². The second-order valence-corrected chi connectivity index (χ2v) is 6.70. The quantitative estimate of drug-likeness (QED) is 0.699. The van der Waals surface area contributed by atoms with E-state index in [0.29, 0.717) is 12.0 Å². The van der Waals surface area contributed by atoms with Crippen molar-refractivity contribution in [3.8, 4) is 0 Å². The smallest absolute Gasteiger partial charge is 0.410 e. The molecule has 2 aliphatic heterocycles. The summed E-state index contributed by atoms with van der Waals surface area (Å²) in [4.78, 5) is 14.2. The van der Waals surface area contributed by atoms with Crippen LogP contribution in [0.15, 0.2) is 0 Å². The maximum absolute atomic E-state index is 12.2. The zero-order chi connectivity index (χ0) is 12.3. The van der Waals surface area contributed by atoms with Gasteiger partial charge in [0.2, 0.25) is 0 Å². The zero-order valence-electron chi connectivity index (χ0n) is 11.0. The summed E-state index contributed by atoms with van der Waals surface area (Å²) in [5.41, 5.74) is -0.143. The second-order valence-electron chi connectivity index (χ2n) is 6.70. The van der Waals surface area contributed by atoms with Crippen molar-refractivity contribution in [3.63, 3.8) is 0 Å². The fourth-order valence-electron chi connectivity index (χ4n) is 3.39. The first kappa shape index (κ1) is 11.3. The number of amides is 1. The van der Waals surface area contributed by atoms with Crippen molar-refractivity contribution < 1.29 is 9.53 Å². The predicted molar refractivity (Wildman–Crippen MR) is 64.8 cm³/mol. The molecule has 0 aromatic heterocycles. The fourth-order valence-corrected chi connectivity index (χ4v) is 3.39. The van der Waals surface area contributed by atoms with Gasteiger partial charge in [0, 0.05) is 18.6 Å². The van der Waals surface area contributed by atoms with Gasteiger partial charge in [-0.2, -0.15) is 0 Å². The normalized spacial score (nSPS) is 33.9. The van der Waals surface area contributed by atoms with Crippen molar-refractivity contribution in [2.45, 2.75) is 57.2 Å². The molecule has 4 nitrogen and oxygen atoms in total. The first-order chi connectivity index (χ1) is 7.91. The standard InChI is InChI=1S/C13H22N2O2/c1-12(2,3)17-11(16)15-7-4-9-8-14-13(5-6-13)10(9)15/h9-10,14H,4-8H2,1-3H3. The van der Waals surface area contributed by atoms with Crippen LogP contribution in [0.5, 0.6) is 0 Å². The molecule has 2 saturated heterocycles. The summed E-state index contributed by atoms with van der Waals surface area (Å²) in [6, 6.07) is 0.386. The average Bonchev–Trinajstić information content (AvgIpc) is 2.68. The van der Waals surface area contributed by atoms with Gasteiger partial charge in [-0.15, -0.1) is 0 Å². The predicted octanol–water partition coefficient (Wildman–Crippen LogP) is 1.75. The van der Waals surface area contributed by atoms with Crippen molar-refractivity contribution in [1.29, 1.82) is 0 Å². The Bertz CT molecular complexity index is 344. The lowest BCUT2D eigenvalue weighted by Gasteiger charge is -2.31. The van der Waals surface area contributed by atoms with Crippen LogP contribution in [0, 0.1) is 5.92 Å². The third-order valence-electron chi connectivity index (χ3n) is 4.22. The number of ether oxygens (including phenoxy) is 1. The second kappa shape index (κ2) is 3.37. The van der Waals surface area contributed by atoms with E-state index in [2.05, 4.69) is 5.32 Å². The number of carbonyl (C=O) groups excluding carboxylic acids is 1. The number of nitrogens with one attached hydrogen (secondary N) is 1. The summed E-state index contributed by atoms with van der Waals surface area (Å²) in [7, 11) is 0. The number of nitrogens with zero attached hydrogens (tertiary/aromatic N) is 1. The van der Waals surface area contributed by atoms with E-state index in [0.717, 1.165) is 19.5 Å². The minimum absolute atomic E-state index is 0.125. The topological polar surface area (TPSA) is 41.6 Å². The summed E-state index contributed by atoms with van der Waals surface area (Å²) in [6.45, 7) is 7.73. The molecule has 0 bridgehead atoms. The monoisotopic (exact) mass is 238 g/mol. The summed E-state index contributed by atoms with van der Waals surface area (Å²) in [5, 5.41) is 3.61. The SMILES string of the molecule is CC(C)(C)OC(=O)N1CCC2CNC3(CC3)C21. The van der Waals surface area contributed by atoms with Crippen molar-refractivity contribution in [1.82, 2.24) is 10.2 Å². The molecule has 3 fully saturated rings. The van der Waals surface area contributed by atoms with Crippen LogP contribution in [-0.2, 0) is 4.74 Å². The highest BCUT2D eigenvalue weighted by molar-refractivity contribution is 5.69. The highest BCUT2D eigenvalue weighted by Crippen LogP contribution is 2.50. The number of hydrogen-bond acceptors (Lipinski definition) is 3. The molecule has 0 radical (unpaired) electrons. The first-order valence-corrected chi connectivity index (χ1v) is 6.66. The number of likely N-dealkylation sites (tertiary alicyclic amines) is 1. The first-order valence-electron chi connectivity index (χ1n) is 6.66. The Kier molecular flexibility index (Phi) is 2.25. The maximum Gasteiger partial charge on any atom is 0.410 e. The third kappa shape index (κ3) is 1.82. The molecule has 1 saturated carbocycles. The zero-order valence-corrected chi connectivity index (χ0v) is 11.0. The van der Waals surface area contributed by atoms with Gasteiger partial charge in [0.05, 0.1) is 6.04 Å². The minimum atomic E-state index is -0.391. The van der Waals surface area contributed by atoms with Crippen LogP contribution in [0.1, 0.15) is 40.0 Å². The number of hydrogen-bond donors (Lipinski definition) is 1. The van der Waals surface area contributed by atoms with Crippen LogP contribution < -0.4 is 5.32 Å². The highest BCUT2D eigenvalue weighted by atomic mass is 16.6. The van der Waals surface area contributed by atoms with E-state index in [4.69, 9.17) is 4.74 Å². The fraction of sp³-hybridized carbons (Fsp3) is 0.923. The molecule has 3 rings (SSSR count). The molecule has 0 aromatic carbocycles. The van der Waals surface area contributed by atoms with Gasteiger partial charge in [0.15, 0.2) is 0 Å². The molecule has 2 heterocycles. The summed E-state index contributed by atoms with van der Waals surface area (Å²) in [6.07, 6.45) is 3.43. The lowest BCUT2D eigenvalue weighted by molar-refractivity contribution is 0.0193. The van der Waals surface area contributed by atoms with Gasteiger partial charge < -0.3 is 15.0 Å². The Morgan fingerprint density at radius 2 is 2.12 bits per heavy atom. The van der Waals surface area contributed by atoms with E-state index in [9.17, 15) is 4.79 Å². The Morgan fingerprint density at radius 1 is 1.41 bits per heavy atom. The summed E-state index contributed by atoms with van der Waals surface area (Å²) in [5.74, 6) is 0.644. The molecule has 1 amide bonds. The van der Waals surface area contributed by atoms with Crippen molar-refractivity contribution >= 4 is 6.09 Å². The van der Waals surface area contributed by atoms with Gasteiger partial charge >= 0.3 is 6.09 Å². The van der Waals surface area contributed by atoms with Crippen LogP contribution in [0.4, 0.5) is 4.79 Å². The molecule has 96 valence electrons. The number of fused-ring (bicyclic) bond motifs is 2. The van der Waals surface area contributed by atoms with Gasteiger partial charge in [-0.25, -0.2) is 4.79 Å². The molecule has 4 heteroatoms. The van der Waals surface area contributed by atoms with Crippen molar-refractivity contribution in [3.05, 3.63) is 0 Å². The van der Waals surface area contributed by atoms with Gasteiger partial charge in [0.25, 0.3) is 0 Å². The van der Waals surface area contributed by atoms with Gasteiger partial charge in [-0.05, 0) is 46.0 Å².